The van der Waals surface area contributed by atoms with Crippen LogP contribution in [0.25, 0.3) is 0 Å². The molecular formula is C16H29N3O2. The lowest BCUT2D eigenvalue weighted by Gasteiger charge is -2.34. The fraction of sp³-hybridized carbons (Fsp3) is 0.938. The highest BCUT2D eigenvalue weighted by molar-refractivity contribution is 5.71. The molecule has 3 fully saturated rings. The lowest BCUT2D eigenvalue weighted by molar-refractivity contribution is -0.0714. The van der Waals surface area contributed by atoms with Crippen LogP contribution in [-0.2, 0) is 4.74 Å². The smallest absolute Gasteiger partial charge is 0.314 e. The van der Waals surface area contributed by atoms with Gasteiger partial charge < -0.3 is 15.4 Å². The summed E-state index contributed by atoms with van der Waals surface area (Å²) >= 11 is 0. The molecule has 1 saturated carbocycles. The molecule has 0 aromatic rings. The first kappa shape index (κ1) is 15.1. The molecule has 2 saturated heterocycles. The molecule has 0 unspecified atom stereocenters. The van der Waals surface area contributed by atoms with E-state index >= 15 is 0 Å². The third-order valence-electron chi connectivity index (χ3n) is 5.47. The molecule has 3 aliphatic rings. The van der Waals surface area contributed by atoms with Crippen molar-refractivity contribution in [3.05, 3.63) is 0 Å². The molecule has 2 N–H and O–H groups in total. The van der Waals surface area contributed by atoms with Crippen LogP contribution in [0, 0.1) is 0 Å². The normalized spacial score (nSPS) is 30.5. The van der Waals surface area contributed by atoms with Gasteiger partial charge in [-0.3, -0.25) is 4.90 Å². The summed E-state index contributed by atoms with van der Waals surface area (Å²) in [6.45, 7) is 4.55. The highest BCUT2D eigenvalue weighted by atomic mass is 16.5. The molecule has 120 valence electrons. The van der Waals surface area contributed by atoms with Gasteiger partial charge in [0, 0.05) is 26.2 Å². The van der Waals surface area contributed by atoms with Gasteiger partial charge in [-0.15, -0.1) is 0 Å². The van der Waals surface area contributed by atoms with Crippen molar-refractivity contribution in [2.75, 3.05) is 32.7 Å². The van der Waals surface area contributed by atoms with E-state index in [9.17, 15) is 4.79 Å². The quantitative estimate of drug-likeness (QED) is 0.847. The van der Waals surface area contributed by atoms with E-state index in [0.717, 1.165) is 39.1 Å². The summed E-state index contributed by atoms with van der Waals surface area (Å²) < 4.78 is 6.46. The molecule has 3 rings (SSSR count). The van der Waals surface area contributed by atoms with Crippen LogP contribution in [0.15, 0.2) is 0 Å². The Morgan fingerprint density at radius 1 is 1.05 bits per heavy atom. The molecule has 1 atom stereocenters. The molecule has 5 nitrogen and oxygen atoms in total. The van der Waals surface area contributed by atoms with Crippen molar-refractivity contribution in [1.82, 2.24) is 9.80 Å². The summed E-state index contributed by atoms with van der Waals surface area (Å²) in [4.78, 5) is 15.5. The molecule has 0 aromatic carbocycles. The second-order valence-corrected chi connectivity index (χ2v) is 7.00. The van der Waals surface area contributed by atoms with E-state index in [4.69, 9.17) is 10.5 Å². The highest BCUT2D eigenvalue weighted by Crippen LogP contribution is 2.42. The molecule has 2 amide bonds. The van der Waals surface area contributed by atoms with E-state index in [1.54, 1.807) is 4.90 Å². The van der Waals surface area contributed by atoms with Gasteiger partial charge in [-0.25, -0.2) is 4.79 Å². The van der Waals surface area contributed by atoms with Gasteiger partial charge in [0.1, 0.15) is 0 Å². The predicted molar refractivity (Wildman–Crippen MR) is 82.1 cm³/mol. The van der Waals surface area contributed by atoms with Gasteiger partial charge in [0.05, 0.1) is 11.7 Å². The molecule has 0 bridgehead atoms. The Labute approximate surface area is 127 Å². The van der Waals surface area contributed by atoms with Crippen LogP contribution in [0.1, 0.15) is 51.4 Å². The molecule has 1 spiro atoms. The Balaban J connectivity index is 1.47. The van der Waals surface area contributed by atoms with Crippen LogP contribution in [0.5, 0.6) is 0 Å². The third kappa shape index (κ3) is 3.69. The van der Waals surface area contributed by atoms with Gasteiger partial charge in [-0.2, -0.15) is 0 Å². The first-order chi connectivity index (χ1) is 10.2. The topological polar surface area (TPSA) is 58.8 Å². The minimum atomic E-state index is -0.282. The third-order valence-corrected chi connectivity index (χ3v) is 5.47. The van der Waals surface area contributed by atoms with Crippen LogP contribution in [-0.4, -0.2) is 60.3 Å². The minimum absolute atomic E-state index is 0.216. The average Bonchev–Trinajstić information content (AvgIpc) is 2.71. The maximum absolute atomic E-state index is 11.3. The molecule has 1 aliphatic carbocycles. The van der Waals surface area contributed by atoms with Gasteiger partial charge in [-0.05, 0) is 38.6 Å². The van der Waals surface area contributed by atoms with E-state index < -0.39 is 0 Å². The summed E-state index contributed by atoms with van der Waals surface area (Å²) in [5, 5.41) is 0. The Bertz CT molecular complexity index is 369. The number of nitrogens with zero attached hydrogens (tertiary/aromatic N) is 2. The van der Waals surface area contributed by atoms with E-state index in [1.165, 1.54) is 44.9 Å². The number of ether oxygens (including phenoxy) is 1. The Kier molecular flexibility index (Phi) is 4.69. The number of primary amides is 1. The summed E-state index contributed by atoms with van der Waals surface area (Å²) in [5.41, 5.74) is 5.60. The van der Waals surface area contributed by atoms with Crippen molar-refractivity contribution < 1.29 is 9.53 Å². The maximum Gasteiger partial charge on any atom is 0.314 e. The largest absolute Gasteiger partial charge is 0.370 e. The first-order valence-corrected chi connectivity index (χ1v) is 8.61. The Morgan fingerprint density at radius 2 is 1.86 bits per heavy atom. The first-order valence-electron chi connectivity index (χ1n) is 8.61. The monoisotopic (exact) mass is 295 g/mol. The van der Waals surface area contributed by atoms with Crippen LogP contribution in [0.3, 0.4) is 0 Å². The van der Waals surface area contributed by atoms with Crippen molar-refractivity contribution in [1.29, 1.82) is 0 Å². The van der Waals surface area contributed by atoms with Crippen LogP contribution in [0.4, 0.5) is 4.79 Å². The molecule has 0 aromatic heterocycles. The number of carbonyl (C=O) groups excluding carboxylic acids is 1. The molecule has 2 aliphatic heterocycles. The van der Waals surface area contributed by atoms with Gasteiger partial charge in [0.15, 0.2) is 0 Å². The van der Waals surface area contributed by atoms with Gasteiger partial charge in [0.25, 0.3) is 0 Å². The number of carbonyl (C=O) groups is 1. The highest BCUT2D eigenvalue weighted by Gasteiger charge is 2.41. The SMILES string of the molecule is NC(=O)N1CCCN(C[C@@H]2CCC3(CCCCC3)O2)CC1. The molecule has 0 radical (unpaired) electrons. The second kappa shape index (κ2) is 6.53. The number of hydrogen-bond donors (Lipinski definition) is 1. The number of hydrogen-bond acceptors (Lipinski definition) is 3. The molecular weight excluding hydrogens is 266 g/mol. The summed E-state index contributed by atoms with van der Waals surface area (Å²) in [6, 6.07) is -0.282. The van der Waals surface area contributed by atoms with Crippen LogP contribution in [0.2, 0.25) is 0 Å². The predicted octanol–water partition coefficient (Wildman–Crippen LogP) is 1.95. The lowest BCUT2D eigenvalue weighted by Crippen LogP contribution is -2.40. The fourth-order valence-electron chi connectivity index (χ4n) is 4.25. The average molecular weight is 295 g/mol. The zero-order valence-electron chi connectivity index (χ0n) is 13.1. The summed E-state index contributed by atoms with van der Waals surface area (Å²) in [7, 11) is 0. The van der Waals surface area contributed by atoms with E-state index in [-0.39, 0.29) is 11.6 Å². The second-order valence-electron chi connectivity index (χ2n) is 7.00. The van der Waals surface area contributed by atoms with Crippen molar-refractivity contribution in [3.63, 3.8) is 0 Å². The molecule has 21 heavy (non-hydrogen) atoms. The van der Waals surface area contributed by atoms with Crippen LogP contribution >= 0.6 is 0 Å². The van der Waals surface area contributed by atoms with Gasteiger partial charge in [0.2, 0.25) is 0 Å². The molecule has 2 heterocycles. The van der Waals surface area contributed by atoms with E-state index in [0.29, 0.717) is 6.10 Å². The summed E-state index contributed by atoms with van der Waals surface area (Å²) in [6.07, 6.45) is 10.4. The van der Waals surface area contributed by atoms with Crippen molar-refractivity contribution >= 4 is 6.03 Å². The Morgan fingerprint density at radius 3 is 2.62 bits per heavy atom. The van der Waals surface area contributed by atoms with Crippen molar-refractivity contribution in [2.24, 2.45) is 5.73 Å². The van der Waals surface area contributed by atoms with Gasteiger partial charge in [-0.1, -0.05) is 19.3 Å². The maximum atomic E-state index is 11.3. The fourth-order valence-corrected chi connectivity index (χ4v) is 4.25. The molecule has 5 heteroatoms. The number of nitrogens with two attached hydrogens (primary N) is 1. The number of amides is 2. The van der Waals surface area contributed by atoms with Crippen molar-refractivity contribution in [3.8, 4) is 0 Å². The zero-order valence-corrected chi connectivity index (χ0v) is 13.1. The lowest BCUT2D eigenvalue weighted by atomic mass is 9.83. The van der Waals surface area contributed by atoms with Gasteiger partial charge >= 0.3 is 6.03 Å². The number of urea groups is 1. The Hall–Kier alpha value is -0.810. The van der Waals surface area contributed by atoms with Crippen LogP contribution < -0.4 is 5.73 Å². The van der Waals surface area contributed by atoms with E-state index in [2.05, 4.69) is 4.90 Å². The number of rotatable bonds is 2. The standard InChI is InChI=1S/C16H29N3O2/c17-15(20)19-10-4-9-18(11-12-19)13-14-5-8-16(21-14)6-2-1-3-7-16/h14H,1-13H2,(H2,17,20)/t14-/m0/s1. The van der Waals surface area contributed by atoms with E-state index in [1.807, 2.05) is 0 Å². The summed E-state index contributed by atoms with van der Waals surface area (Å²) in [5.74, 6) is 0. The van der Waals surface area contributed by atoms with Crippen molar-refractivity contribution in [2.45, 2.75) is 63.1 Å². The minimum Gasteiger partial charge on any atom is -0.370 e. The zero-order chi connectivity index (χ0) is 14.7.